The summed E-state index contributed by atoms with van der Waals surface area (Å²) in [6, 6.07) is 22.1. The van der Waals surface area contributed by atoms with E-state index < -0.39 is 27.9 Å². The second-order valence-corrected chi connectivity index (χ2v) is 11.3. The van der Waals surface area contributed by atoms with Crippen molar-refractivity contribution in [3.63, 3.8) is 0 Å². The monoisotopic (exact) mass is 536 g/mol. The number of hydrogen-bond donors (Lipinski definition) is 3. The average molecular weight is 537 g/mol. The van der Waals surface area contributed by atoms with E-state index in [2.05, 4.69) is 4.72 Å². The van der Waals surface area contributed by atoms with E-state index in [-0.39, 0.29) is 10.8 Å². The largest absolute Gasteiger partial charge is 0.378 e. The second kappa shape index (κ2) is 11.8. The Morgan fingerprint density at radius 3 is 1.97 bits per heavy atom. The zero-order valence-electron chi connectivity index (χ0n) is 21.4. The van der Waals surface area contributed by atoms with Crippen molar-refractivity contribution in [1.82, 2.24) is 15.1 Å². The molecule has 0 saturated carbocycles. The third-order valence-electron chi connectivity index (χ3n) is 6.88. The minimum atomic E-state index is -4.06. The van der Waals surface area contributed by atoms with Crippen LogP contribution in [0.4, 0.5) is 5.69 Å². The number of amides is 2. The van der Waals surface area contributed by atoms with Gasteiger partial charge in [-0.05, 0) is 66.3 Å². The molecule has 9 nitrogen and oxygen atoms in total. The summed E-state index contributed by atoms with van der Waals surface area (Å²) < 4.78 is 28.9. The van der Waals surface area contributed by atoms with Crippen LogP contribution in [0.1, 0.15) is 23.2 Å². The van der Waals surface area contributed by atoms with E-state index in [9.17, 15) is 23.2 Å². The predicted molar refractivity (Wildman–Crippen MR) is 145 cm³/mol. The van der Waals surface area contributed by atoms with Gasteiger partial charge in [0.1, 0.15) is 6.04 Å². The van der Waals surface area contributed by atoms with Gasteiger partial charge in [0.25, 0.3) is 11.8 Å². The molecule has 3 aromatic carbocycles. The van der Waals surface area contributed by atoms with Crippen LogP contribution < -0.4 is 15.1 Å². The molecular weight excluding hydrogens is 504 g/mol. The molecule has 200 valence electrons. The maximum Gasteiger partial charge on any atom is 0.261 e. The third kappa shape index (κ3) is 6.21. The van der Waals surface area contributed by atoms with Crippen LogP contribution in [-0.4, -0.2) is 63.6 Å². The van der Waals surface area contributed by atoms with Crippen LogP contribution in [0, 0.1) is 5.92 Å². The van der Waals surface area contributed by atoms with Crippen molar-refractivity contribution < 1.29 is 23.2 Å². The molecule has 0 radical (unpaired) electrons. The number of sulfonamides is 1. The first-order valence-corrected chi connectivity index (χ1v) is 13.9. The Labute approximate surface area is 223 Å². The van der Waals surface area contributed by atoms with Gasteiger partial charge in [0.15, 0.2) is 0 Å². The number of carbonyl (C=O) groups is 2. The van der Waals surface area contributed by atoms with Crippen LogP contribution in [0.5, 0.6) is 0 Å². The SMILES string of the molecule is CN(C)c1ccc(-c2ccc(S(=O)(=O)N[C@@H](C(=O)NO)C3CCN(C(=O)c4ccccc4)CC3)cc2)cc1. The van der Waals surface area contributed by atoms with Crippen LogP contribution in [0.3, 0.4) is 0 Å². The number of anilines is 1. The molecule has 1 fully saturated rings. The normalized spacial score (nSPS) is 15.1. The highest BCUT2D eigenvalue weighted by Crippen LogP contribution is 2.26. The highest BCUT2D eigenvalue weighted by atomic mass is 32.2. The van der Waals surface area contributed by atoms with Gasteiger partial charge < -0.3 is 9.80 Å². The molecule has 4 rings (SSSR count). The van der Waals surface area contributed by atoms with Crippen molar-refractivity contribution in [2.75, 3.05) is 32.1 Å². The molecule has 1 heterocycles. The van der Waals surface area contributed by atoms with Gasteiger partial charge in [0.05, 0.1) is 4.90 Å². The maximum absolute atomic E-state index is 13.2. The predicted octanol–water partition coefficient (Wildman–Crippen LogP) is 3.12. The Morgan fingerprint density at radius 2 is 1.45 bits per heavy atom. The molecule has 10 heteroatoms. The van der Waals surface area contributed by atoms with E-state index in [0.29, 0.717) is 31.5 Å². The number of benzene rings is 3. The molecule has 0 aromatic heterocycles. The van der Waals surface area contributed by atoms with Gasteiger partial charge in [-0.25, -0.2) is 13.9 Å². The van der Waals surface area contributed by atoms with Gasteiger partial charge in [-0.15, -0.1) is 0 Å². The summed E-state index contributed by atoms with van der Waals surface area (Å²) in [4.78, 5) is 28.9. The number of nitrogens with one attached hydrogen (secondary N) is 2. The van der Waals surface area contributed by atoms with E-state index >= 15 is 0 Å². The molecular formula is C28H32N4O5S. The fourth-order valence-corrected chi connectivity index (χ4v) is 5.91. The lowest BCUT2D eigenvalue weighted by Gasteiger charge is -2.35. The van der Waals surface area contributed by atoms with Crippen molar-refractivity contribution in [2.45, 2.75) is 23.8 Å². The Morgan fingerprint density at radius 1 is 0.895 bits per heavy atom. The second-order valence-electron chi connectivity index (χ2n) is 9.54. The lowest BCUT2D eigenvalue weighted by molar-refractivity contribution is -0.132. The van der Waals surface area contributed by atoms with Gasteiger partial charge in [-0.2, -0.15) is 4.72 Å². The standard InChI is InChI=1S/C28H32N4O5S/c1-31(2)24-12-8-20(9-13-24)21-10-14-25(15-11-21)38(36,37)30-26(27(33)29-35)22-16-18-32(19-17-22)28(34)23-6-4-3-5-7-23/h3-15,22,26,30,35H,16-19H2,1-2H3,(H,29,33)/t26-/m1/s1. The number of carbonyl (C=O) groups excluding carboxylic acids is 2. The summed E-state index contributed by atoms with van der Waals surface area (Å²) in [5, 5.41) is 9.31. The topological polar surface area (TPSA) is 119 Å². The number of hydrogen-bond acceptors (Lipinski definition) is 6. The molecule has 0 aliphatic carbocycles. The van der Waals surface area contributed by atoms with E-state index in [1.807, 2.05) is 49.3 Å². The first-order chi connectivity index (χ1) is 18.2. The lowest BCUT2D eigenvalue weighted by atomic mass is 9.89. The molecule has 0 unspecified atom stereocenters. The van der Waals surface area contributed by atoms with Crippen molar-refractivity contribution in [2.24, 2.45) is 5.92 Å². The molecule has 3 N–H and O–H groups in total. The van der Waals surface area contributed by atoms with E-state index in [1.54, 1.807) is 46.8 Å². The van der Waals surface area contributed by atoms with E-state index in [0.717, 1.165) is 16.8 Å². The third-order valence-corrected chi connectivity index (χ3v) is 8.33. The zero-order chi connectivity index (χ0) is 27.3. The summed E-state index contributed by atoms with van der Waals surface area (Å²) in [6.45, 7) is 0.743. The van der Waals surface area contributed by atoms with Crippen molar-refractivity contribution in [3.05, 3.63) is 84.4 Å². The Hall–Kier alpha value is -3.73. The minimum Gasteiger partial charge on any atom is -0.378 e. The first kappa shape index (κ1) is 27.3. The quantitative estimate of drug-likeness (QED) is 0.301. The summed E-state index contributed by atoms with van der Waals surface area (Å²) in [5.74, 6) is -1.34. The van der Waals surface area contributed by atoms with Crippen LogP contribution in [0.2, 0.25) is 0 Å². The Bertz CT molecular complexity index is 1350. The van der Waals surface area contributed by atoms with Gasteiger partial charge in [-0.1, -0.05) is 42.5 Å². The minimum absolute atomic E-state index is 0.0126. The van der Waals surface area contributed by atoms with Crippen LogP contribution in [-0.2, 0) is 14.8 Å². The molecule has 1 aliphatic heterocycles. The first-order valence-electron chi connectivity index (χ1n) is 12.4. The molecule has 2 amide bonds. The number of hydroxylamine groups is 1. The Kier molecular flexibility index (Phi) is 8.45. The fourth-order valence-electron chi connectivity index (χ4n) is 4.65. The lowest BCUT2D eigenvalue weighted by Crippen LogP contribution is -2.53. The van der Waals surface area contributed by atoms with E-state index in [1.165, 1.54) is 12.1 Å². The zero-order valence-corrected chi connectivity index (χ0v) is 22.2. The molecule has 0 spiro atoms. The van der Waals surface area contributed by atoms with Gasteiger partial charge in [0.2, 0.25) is 10.0 Å². The fraction of sp³-hybridized carbons (Fsp3) is 0.286. The van der Waals surface area contributed by atoms with Crippen LogP contribution >= 0.6 is 0 Å². The van der Waals surface area contributed by atoms with Crippen LogP contribution in [0.25, 0.3) is 11.1 Å². The molecule has 1 saturated heterocycles. The van der Waals surface area contributed by atoms with Crippen molar-refractivity contribution in [3.8, 4) is 11.1 Å². The van der Waals surface area contributed by atoms with E-state index in [4.69, 9.17) is 0 Å². The Balaban J connectivity index is 1.44. The summed E-state index contributed by atoms with van der Waals surface area (Å²) in [6.07, 6.45) is 0.808. The molecule has 0 bridgehead atoms. The maximum atomic E-state index is 13.2. The van der Waals surface area contributed by atoms with Gasteiger partial charge in [0, 0.05) is 38.4 Å². The highest BCUT2D eigenvalue weighted by molar-refractivity contribution is 7.89. The number of rotatable bonds is 8. The van der Waals surface area contributed by atoms with Gasteiger partial charge in [-0.3, -0.25) is 14.8 Å². The molecule has 1 aliphatic rings. The molecule has 3 aromatic rings. The number of nitrogens with zero attached hydrogens (tertiary/aromatic N) is 2. The smallest absolute Gasteiger partial charge is 0.261 e. The van der Waals surface area contributed by atoms with Gasteiger partial charge >= 0.3 is 0 Å². The van der Waals surface area contributed by atoms with Crippen LogP contribution in [0.15, 0.2) is 83.8 Å². The summed E-state index contributed by atoms with van der Waals surface area (Å²) in [5.41, 5.74) is 5.02. The highest BCUT2D eigenvalue weighted by Gasteiger charge is 2.36. The van der Waals surface area contributed by atoms with Crippen molar-refractivity contribution >= 4 is 27.5 Å². The summed E-state index contributed by atoms with van der Waals surface area (Å²) >= 11 is 0. The average Bonchev–Trinajstić information content (AvgIpc) is 2.96. The summed E-state index contributed by atoms with van der Waals surface area (Å²) in [7, 11) is -0.147. The molecule has 38 heavy (non-hydrogen) atoms. The van der Waals surface area contributed by atoms with Crippen molar-refractivity contribution in [1.29, 1.82) is 0 Å². The number of likely N-dealkylation sites (tertiary alicyclic amines) is 1. The molecule has 1 atom stereocenters. The number of piperidine rings is 1.